The quantitative estimate of drug-likeness (QED) is 0.466. The molecule has 0 radical (unpaired) electrons. The van der Waals surface area contributed by atoms with Gasteiger partial charge in [0.2, 0.25) is 0 Å². The molecular weight excluding hydrogens is 435 g/mol. The van der Waals surface area contributed by atoms with E-state index >= 15 is 0 Å². The number of hydrogen-bond acceptors (Lipinski definition) is 4. The van der Waals surface area contributed by atoms with Gasteiger partial charge in [-0.15, -0.1) is 0 Å². The molecule has 5 rings (SSSR count). The maximum absolute atomic E-state index is 13.3. The SMILES string of the molecule is CC1CCN(C(=O)c2cc3cc(Cl)cc(Cl)c3[nH]2)CC1N(C)c1ncnc2[nH]ccc12. The van der Waals surface area contributed by atoms with E-state index in [0.717, 1.165) is 34.2 Å². The second kappa shape index (κ2) is 7.73. The molecule has 1 fully saturated rings. The average molecular weight is 457 g/mol. The predicted molar refractivity (Wildman–Crippen MR) is 124 cm³/mol. The van der Waals surface area contributed by atoms with Crippen molar-refractivity contribution < 1.29 is 4.79 Å². The maximum atomic E-state index is 13.3. The number of fused-ring (bicyclic) bond motifs is 2. The summed E-state index contributed by atoms with van der Waals surface area (Å²) in [5.74, 6) is 1.24. The number of carbonyl (C=O) groups is 1. The lowest BCUT2D eigenvalue weighted by Crippen LogP contribution is -2.53. The topological polar surface area (TPSA) is 80.9 Å². The van der Waals surface area contributed by atoms with Crippen LogP contribution in [-0.2, 0) is 0 Å². The van der Waals surface area contributed by atoms with Gasteiger partial charge in [0, 0.05) is 36.7 Å². The van der Waals surface area contributed by atoms with E-state index in [-0.39, 0.29) is 11.9 Å². The summed E-state index contributed by atoms with van der Waals surface area (Å²) in [5, 5.41) is 2.86. The molecule has 0 saturated carbocycles. The number of piperidine rings is 1. The van der Waals surface area contributed by atoms with Gasteiger partial charge in [-0.3, -0.25) is 4.79 Å². The second-order valence-corrected chi connectivity index (χ2v) is 9.01. The Morgan fingerprint density at radius 1 is 1.26 bits per heavy atom. The fourth-order valence-corrected chi connectivity index (χ4v) is 5.04. The number of H-pyrrole nitrogens is 2. The molecule has 2 N–H and O–H groups in total. The van der Waals surface area contributed by atoms with Crippen LogP contribution in [0.5, 0.6) is 0 Å². The van der Waals surface area contributed by atoms with Crippen molar-refractivity contribution in [1.29, 1.82) is 0 Å². The predicted octanol–water partition coefficient (Wildman–Crippen LogP) is 4.73. The Hall–Kier alpha value is -2.77. The first-order valence-electron chi connectivity index (χ1n) is 10.2. The van der Waals surface area contributed by atoms with Crippen LogP contribution in [0, 0.1) is 5.92 Å². The van der Waals surface area contributed by atoms with Crippen molar-refractivity contribution in [2.45, 2.75) is 19.4 Å². The first kappa shape index (κ1) is 20.2. The van der Waals surface area contributed by atoms with Gasteiger partial charge >= 0.3 is 0 Å². The molecule has 0 aliphatic carbocycles. The minimum absolute atomic E-state index is 0.0387. The fraction of sp³-hybridized carbons (Fsp3) is 0.318. The molecule has 1 aliphatic rings. The van der Waals surface area contributed by atoms with Crippen LogP contribution in [0.25, 0.3) is 21.9 Å². The van der Waals surface area contributed by atoms with Crippen LogP contribution in [0.1, 0.15) is 23.8 Å². The number of amides is 1. The zero-order valence-electron chi connectivity index (χ0n) is 17.2. The van der Waals surface area contributed by atoms with Crippen LogP contribution in [0.4, 0.5) is 5.82 Å². The number of aromatic nitrogens is 4. The average Bonchev–Trinajstić information content (AvgIpc) is 3.40. The van der Waals surface area contributed by atoms with Crippen LogP contribution >= 0.6 is 23.2 Å². The fourth-order valence-electron chi connectivity index (χ4n) is 4.49. The summed E-state index contributed by atoms with van der Waals surface area (Å²) in [6.45, 7) is 3.54. The van der Waals surface area contributed by atoms with E-state index in [1.54, 1.807) is 12.4 Å². The van der Waals surface area contributed by atoms with E-state index < -0.39 is 0 Å². The van der Waals surface area contributed by atoms with Crippen LogP contribution in [0.3, 0.4) is 0 Å². The number of aromatic amines is 2. The van der Waals surface area contributed by atoms with Gasteiger partial charge in [-0.1, -0.05) is 30.1 Å². The lowest BCUT2D eigenvalue weighted by Gasteiger charge is -2.42. The summed E-state index contributed by atoms with van der Waals surface area (Å²) < 4.78 is 0. The van der Waals surface area contributed by atoms with E-state index in [1.807, 2.05) is 36.3 Å². The second-order valence-electron chi connectivity index (χ2n) is 8.17. The number of nitrogens with zero attached hydrogens (tertiary/aromatic N) is 4. The Kier molecular flexibility index (Phi) is 5.02. The molecule has 9 heteroatoms. The Bertz CT molecular complexity index is 1280. The van der Waals surface area contributed by atoms with Gasteiger partial charge < -0.3 is 19.8 Å². The van der Waals surface area contributed by atoms with E-state index in [9.17, 15) is 4.79 Å². The zero-order valence-corrected chi connectivity index (χ0v) is 18.7. The lowest BCUT2D eigenvalue weighted by molar-refractivity contribution is 0.0665. The minimum Gasteiger partial charge on any atom is -0.354 e. The maximum Gasteiger partial charge on any atom is 0.270 e. The Morgan fingerprint density at radius 3 is 2.94 bits per heavy atom. The van der Waals surface area contributed by atoms with Gasteiger partial charge in [0.1, 0.15) is 23.5 Å². The monoisotopic (exact) mass is 456 g/mol. The molecule has 1 saturated heterocycles. The van der Waals surface area contributed by atoms with Crippen molar-refractivity contribution in [3.63, 3.8) is 0 Å². The highest BCUT2D eigenvalue weighted by Crippen LogP contribution is 2.31. The molecule has 4 aromatic rings. The van der Waals surface area contributed by atoms with Crippen molar-refractivity contribution in [3.05, 3.63) is 52.5 Å². The van der Waals surface area contributed by atoms with E-state index in [1.165, 1.54) is 0 Å². The first-order chi connectivity index (χ1) is 14.9. The molecule has 4 heterocycles. The summed E-state index contributed by atoms with van der Waals surface area (Å²) >= 11 is 12.4. The van der Waals surface area contributed by atoms with Crippen molar-refractivity contribution in [2.75, 3.05) is 25.0 Å². The van der Waals surface area contributed by atoms with Crippen LogP contribution in [0.15, 0.2) is 36.8 Å². The molecule has 2 unspecified atom stereocenters. The molecule has 7 nitrogen and oxygen atoms in total. The highest BCUT2D eigenvalue weighted by molar-refractivity contribution is 6.38. The number of likely N-dealkylation sites (tertiary alicyclic amines) is 1. The van der Waals surface area contributed by atoms with Crippen LogP contribution in [0.2, 0.25) is 10.0 Å². The summed E-state index contributed by atoms with van der Waals surface area (Å²) in [6, 6.07) is 7.42. The van der Waals surface area contributed by atoms with E-state index in [4.69, 9.17) is 23.2 Å². The van der Waals surface area contributed by atoms with E-state index in [0.29, 0.717) is 34.7 Å². The van der Waals surface area contributed by atoms with Crippen molar-refractivity contribution in [2.24, 2.45) is 5.92 Å². The number of anilines is 1. The van der Waals surface area contributed by atoms with Gasteiger partial charge in [-0.2, -0.15) is 0 Å². The summed E-state index contributed by atoms with van der Waals surface area (Å²) in [6.07, 6.45) is 4.35. The summed E-state index contributed by atoms with van der Waals surface area (Å²) in [5.41, 5.74) is 2.05. The van der Waals surface area contributed by atoms with Crippen molar-refractivity contribution in [1.82, 2.24) is 24.8 Å². The van der Waals surface area contributed by atoms with Gasteiger partial charge in [-0.05, 0) is 36.6 Å². The standard InChI is InChI=1S/C22H22Cl2N6O/c1-12-4-6-30(22(31)17-8-13-7-14(23)9-16(24)19(13)28-17)10-18(12)29(2)21-15-3-5-25-20(15)26-11-27-21/h3,5,7-9,11-12,18,28H,4,6,10H2,1-2H3,(H,25,26,27). The highest BCUT2D eigenvalue weighted by Gasteiger charge is 2.33. The third kappa shape index (κ3) is 3.51. The molecular formula is C22H22Cl2N6O. The van der Waals surface area contributed by atoms with Crippen molar-refractivity contribution in [3.8, 4) is 0 Å². The molecule has 0 spiro atoms. The molecule has 1 aliphatic heterocycles. The Morgan fingerprint density at radius 2 is 2.10 bits per heavy atom. The smallest absolute Gasteiger partial charge is 0.270 e. The number of nitrogens with one attached hydrogen (secondary N) is 2. The normalized spacial score (nSPS) is 19.3. The molecule has 3 aromatic heterocycles. The molecule has 31 heavy (non-hydrogen) atoms. The first-order valence-corrected chi connectivity index (χ1v) is 11.0. The largest absolute Gasteiger partial charge is 0.354 e. The molecule has 160 valence electrons. The number of likely N-dealkylation sites (N-methyl/N-ethyl adjacent to an activating group) is 1. The van der Waals surface area contributed by atoms with Gasteiger partial charge in [0.25, 0.3) is 5.91 Å². The Balaban J connectivity index is 1.42. The highest BCUT2D eigenvalue weighted by atomic mass is 35.5. The van der Waals surface area contributed by atoms with Crippen molar-refractivity contribution >= 4 is 56.9 Å². The van der Waals surface area contributed by atoms with Gasteiger partial charge in [0.15, 0.2) is 0 Å². The molecule has 1 aromatic carbocycles. The lowest BCUT2D eigenvalue weighted by atomic mass is 9.92. The van der Waals surface area contributed by atoms with E-state index in [2.05, 4.69) is 31.8 Å². The van der Waals surface area contributed by atoms with Crippen LogP contribution in [-0.4, -0.2) is 56.9 Å². The Labute approximate surface area is 189 Å². The summed E-state index contributed by atoms with van der Waals surface area (Å²) in [4.78, 5) is 32.5. The molecule has 2 atom stereocenters. The number of benzene rings is 1. The van der Waals surface area contributed by atoms with Gasteiger partial charge in [0.05, 0.1) is 22.0 Å². The van der Waals surface area contributed by atoms with Crippen LogP contribution < -0.4 is 4.90 Å². The third-order valence-electron chi connectivity index (χ3n) is 6.25. The number of hydrogen-bond donors (Lipinski definition) is 2. The molecule has 1 amide bonds. The molecule has 0 bridgehead atoms. The van der Waals surface area contributed by atoms with Gasteiger partial charge in [-0.25, -0.2) is 9.97 Å². The number of rotatable bonds is 3. The third-order valence-corrected chi connectivity index (χ3v) is 6.76. The number of halogens is 2. The minimum atomic E-state index is -0.0387. The zero-order chi connectivity index (χ0) is 21.7. The number of carbonyl (C=O) groups excluding carboxylic acids is 1. The summed E-state index contributed by atoms with van der Waals surface area (Å²) in [7, 11) is 2.04.